The average molecular weight is 436 g/mol. The van der Waals surface area contributed by atoms with Gasteiger partial charge in [0.2, 0.25) is 11.8 Å². The van der Waals surface area contributed by atoms with E-state index >= 15 is 0 Å². The number of amides is 2. The van der Waals surface area contributed by atoms with E-state index in [9.17, 15) is 14.0 Å². The minimum Gasteiger partial charge on any atom is -0.493 e. The van der Waals surface area contributed by atoms with Gasteiger partial charge in [0.05, 0.1) is 6.61 Å². The van der Waals surface area contributed by atoms with Gasteiger partial charge in [-0.1, -0.05) is 42.5 Å². The number of nitrogens with one attached hydrogen (secondary N) is 2. The topological polar surface area (TPSA) is 76.7 Å². The van der Waals surface area contributed by atoms with Gasteiger partial charge in [-0.05, 0) is 47.5 Å². The number of hydrogen-bond acceptors (Lipinski definition) is 4. The maximum absolute atomic E-state index is 12.9. The van der Waals surface area contributed by atoms with Crippen LogP contribution in [0.4, 0.5) is 10.1 Å². The first-order valence-corrected chi connectivity index (χ1v) is 10.2. The fourth-order valence-electron chi connectivity index (χ4n) is 2.85. The molecule has 3 aromatic rings. The lowest BCUT2D eigenvalue weighted by Crippen LogP contribution is -2.29. The summed E-state index contributed by atoms with van der Waals surface area (Å²) >= 11 is 0. The molecule has 0 fully saturated rings. The van der Waals surface area contributed by atoms with E-state index in [0.717, 1.165) is 12.0 Å². The second-order valence-corrected chi connectivity index (χ2v) is 7.05. The molecule has 0 radical (unpaired) electrons. The maximum atomic E-state index is 12.9. The van der Waals surface area contributed by atoms with Crippen molar-refractivity contribution in [1.29, 1.82) is 0 Å². The highest BCUT2D eigenvalue weighted by atomic mass is 19.1. The molecule has 0 aliphatic heterocycles. The SMILES string of the molecule is O=C(COCC(=O)Nc1ccc(OCCc2ccccc2)cc1)NCc1ccc(F)cc1. The highest BCUT2D eigenvalue weighted by Gasteiger charge is 2.06. The second kappa shape index (κ2) is 12.2. The van der Waals surface area contributed by atoms with Crippen molar-refractivity contribution in [2.75, 3.05) is 25.1 Å². The first kappa shape index (κ1) is 23.0. The lowest BCUT2D eigenvalue weighted by molar-refractivity contribution is -0.128. The number of benzene rings is 3. The molecule has 0 saturated heterocycles. The lowest BCUT2D eigenvalue weighted by Gasteiger charge is -2.09. The van der Waals surface area contributed by atoms with Gasteiger partial charge in [-0.25, -0.2) is 4.39 Å². The average Bonchev–Trinajstić information content (AvgIpc) is 2.80. The van der Waals surface area contributed by atoms with Gasteiger partial charge in [-0.2, -0.15) is 0 Å². The number of hydrogen-bond donors (Lipinski definition) is 2. The lowest BCUT2D eigenvalue weighted by atomic mass is 10.2. The molecular weight excluding hydrogens is 411 g/mol. The van der Waals surface area contributed by atoms with Gasteiger partial charge in [0.25, 0.3) is 0 Å². The predicted octanol–water partition coefficient (Wildman–Crippen LogP) is 3.72. The van der Waals surface area contributed by atoms with Gasteiger partial charge >= 0.3 is 0 Å². The Hall–Kier alpha value is -3.71. The van der Waals surface area contributed by atoms with Crippen LogP contribution in [-0.2, 0) is 27.3 Å². The minimum absolute atomic E-state index is 0.247. The van der Waals surface area contributed by atoms with Gasteiger partial charge in [-0.15, -0.1) is 0 Å². The summed E-state index contributed by atoms with van der Waals surface area (Å²) in [6.07, 6.45) is 0.814. The molecule has 2 N–H and O–H groups in total. The van der Waals surface area contributed by atoms with Crippen molar-refractivity contribution in [3.05, 3.63) is 95.8 Å². The molecule has 3 aromatic carbocycles. The van der Waals surface area contributed by atoms with E-state index in [0.29, 0.717) is 18.0 Å². The Morgan fingerprint density at radius 2 is 1.47 bits per heavy atom. The van der Waals surface area contributed by atoms with Crippen LogP contribution in [0.15, 0.2) is 78.9 Å². The Kier molecular flexibility index (Phi) is 8.77. The van der Waals surface area contributed by atoms with Crippen molar-refractivity contribution >= 4 is 17.5 Å². The number of ether oxygens (including phenoxy) is 2. The molecule has 0 bridgehead atoms. The van der Waals surface area contributed by atoms with Crippen LogP contribution in [0.2, 0.25) is 0 Å². The Bertz CT molecular complexity index is 993. The molecule has 0 aromatic heterocycles. The minimum atomic E-state index is -0.367. The summed E-state index contributed by atoms with van der Waals surface area (Å²) in [6.45, 7) is 0.323. The number of carbonyl (C=O) groups is 2. The first-order chi connectivity index (χ1) is 15.6. The van der Waals surface area contributed by atoms with E-state index < -0.39 is 0 Å². The Morgan fingerprint density at radius 3 is 2.19 bits per heavy atom. The molecule has 0 aliphatic carbocycles. The van der Waals surface area contributed by atoms with Crippen molar-refractivity contribution in [2.24, 2.45) is 0 Å². The molecule has 7 heteroatoms. The highest BCUT2D eigenvalue weighted by molar-refractivity contribution is 5.91. The molecule has 32 heavy (non-hydrogen) atoms. The van der Waals surface area contributed by atoms with Crippen LogP contribution in [0.1, 0.15) is 11.1 Å². The van der Waals surface area contributed by atoms with E-state index in [1.165, 1.54) is 17.7 Å². The van der Waals surface area contributed by atoms with Gasteiger partial charge in [0.15, 0.2) is 0 Å². The van der Waals surface area contributed by atoms with Crippen molar-refractivity contribution in [1.82, 2.24) is 5.32 Å². The monoisotopic (exact) mass is 436 g/mol. The summed E-state index contributed by atoms with van der Waals surface area (Å²) in [5.74, 6) is -0.346. The van der Waals surface area contributed by atoms with Crippen LogP contribution in [-0.4, -0.2) is 31.6 Å². The van der Waals surface area contributed by atoms with Crippen LogP contribution < -0.4 is 15.4 Å². The summed E-state index contributed by atoms with van der Waals surface area (Å²) in [7, 11) is 0. The van der Waals surface area contributed by atoms with Crippen LogP contribution in [0.5, 0.6) is 5.75 Å². The van der Waals surface area contributed by atoms with Crippen molar-refractivity contribution in [3.8, 4) is 5.75 Å². The molecule has 0 aliphatic rings. The second-order valence-electron chi connectivity index (χ2n) is 7.05. The zero-order valence-electron chi connectivity index (χ0n) is 17.6. The molecular formula is C25H25FN2O4. The molecule has 6 nitrogen and oxygen atoms in total. The summed E-state index contributed by atoms with van der Waals surface area (Å²) < 4.78 is 23.7. The fourth-order valence-corrected chi connectivity index (χ4v) is 2.85. The third-order valence-electron chi connectivity index (χ3n) is 4.51. The molecule has 0 unspecified atom stereocenters. The van der Waals surface area contributed by atoms with Gasteiger partial charge < -0.3 is 20.1 Å². The molecule has 2 amide bonds. The Labute approximate surface area is 186 Å². The summed E-state index contributed by atoms with van der Waals surface area (Å²) in [4.78, 5) is 23.8. The first-order valence-electron chi connectivity index (χ1n) is 10.2. The number of anilines is 1. The summed E-state index contributed by atoms with van der Waals surface area (Å²) in [5.41, 5.74) is 2.58. The molecule has 166 valence electrons. The third kappa shape index (κ3) is 8.20. The smallest absolute Gasteiger partial charge is 0.250 e. The van der Waals surface area contributed by atoms with E-state index in [1.54, 1.807) is 36.4 Å². The molecule has 0 saturated carbocycles. The number of rotatable bonds is 11. The Morgan fingerprint density at radius 1 is 0.781 bits per heavy atom. The molecule has 0 atom stereocenters. The Balaban J connectivity index is 1.30. The van der Waals surface area contributed by atoms with Gasteiger partial charge in [0.1, 0.15) is 24.8 Å². The largest absolute Gasteiger partial charge is 0.493 e. The standard InChI is InChI=1S/C25H25FN2O4/c26-21-8-6-20(7-9-21)16-27-24(29)17-31-18-25(30)28-22-10-12-23(13-11-22)32-15-14-19-4-2-1-3-5-19/h1-13H,14-18H2,(H,27,29)(H,28,30). The van der Waals surface area contributed by atoms with Crippen molar-refractivity contribution in [2.45, 2.75) is 13.0 Å². The predicted molar refractivity (Wildman–Crippen MR) is 120 cm³/mol. The number of carbonyl (C=O) groups excluding carboxylic acids is 2. The van der Waals surface area contributed by atoms with E-state index in [2.05, 4.69) is 22.8 Å². The van der Waals surface area contributed by atoms with Crippen LogP contribution >= 0.6 is 0 Å². The number of halogens is 1. The quantitative estimate of drug-likeness (QED) is 0.480. The van der Waals surface area contributed by atoms with Gasteiger partial charge in [-0.3, -0.25) is 9.59 Å². The summed E-state index contributed by atoms with van der Waals surface area (Å²) in [5, 5.41) is 5.34. The van der Waals surface area contributed by atoms with E-state index in [-0.39, 0.29) is 37.4 Å². The zero-order chi connectivity index (χ0) is 22.6. The molecule has 0 heterocycles. The maximum Gasteiger partial charge on any atom is 0.250 e. The van der Waals surface area contributed by atoms with Crippen LogP contribution in [0, 0.1) is 5.82 Å². The van der Waals surface area contributed by atoms with Crippen LogP contribution in [0.25, 0.3) is 0 Å². The zero-order valence-corrected chi connectivity index (χ0v) is 17.6. The van der Waals surface area contributed by atoms with E-state index in [1.807, 2.05) is 18.2 Å². The van der Waals surface area contributed by atoms with E-state index in [4.69, 9.17) is 9.47 Å². The summed E-state index contributed by atoms with van der Waals surface area (Å²) in [6, 6.07) is 23.0. The third-order valence-corrected chi connectivity index (χ3v) is 4.51. The van der Waals surface area contributed by atoms with Crippen LogP contribution in [0.3, 0.4) is 0 Å². The fraction of sp³-hybridized carbons (Fsp3) is 0.200. The normalized spacial score (nSPS) is 10.4. The molecule has 0 spiro atoms. The van der Waals surface area contributed by atoms with Crippen molar-refractivity contribution < 1.29 is 23.5 Å². The van der Waals surface area contributed by atoms with Crippen molar-refractivity contribution in [3.63, 3.8) is 0 Å². The molecule has 3 rings (SSSR count). The van der Waals surface area contributed by atoms with Gasteiger partial charge in [0, 0.05) is 18.7 Å². The highest BCUT2D eigenvalue weighted by Crippen LogP contribution is 2.16.